The van der Waals surface area contributed by atoms with Gasteiger partial charge in [0.1, 0.15) is 17.3 Å². The maximum Gasteiger partial charge on any atom is 0.256 e. The molecule has 0 fully saturated rings. The number of phenols is 1. The molecule has 0 unspecified atom stereocenters. The van der Waals surface area contributed by atoms with Crippen molar-refractivity contribution in [3.8, 4) is 22.6 Å². The van der Waals surface area contributed by atoms with E-state index in [0.717, 1.165) is 11.1 Å². The molecule has 23 heavy (non-hydrogen) atoms. The van der Waals surface area contributed by atoms with E-state index < -0.39 is 0 Å². The van der Waals surface area contributed by atoms with Gasteiger partial charge in [0.15, 0.2) is 0 Å². The molecule has 1 amide bonds. The first kappa shape index (κ1) is 14.6. The number of carbonyl (C=O) groups is 1. The average molecular weight is 306 g/mol. The molecule has 114 valence electrons. The first-order chi connectivity index (χ1) is 11.1. The Hall–Kier alpha value is -3.34. The van der Waals surface area contributed by atoms with Crippen molar-refractivity contribution < 1.29 is 15.0 Å². The van der Waals surface area contributed by atoms with Gasteiger partial charge in [0, 0.05) is 5.56 Å². The Kier molecular flexibility index (Phi) is 3.93. The zero-order valence-corrected chi connectivity index (χ0v) is 12.1. The molecular weight excluding hydrogens is 292 g/mol. The zero-order valence-electron chi connectivity index (χ0n) is 12.1. The van der Waals surface area contributed by atoms with Gasteiger partial charge in [0.2, 0.25) is 0 Å². The lowest BCUT2D eigenvalue weighted by atomic mass is 10.0. The van der Waals surface area contributed by atoms with Crippen LogP contribution < -0.4 is 5.32 Å². The maximum atomic E-state index is 12.1. The van der Waals surface area contributed by atoms with Crippen molar-refractivity contribution in [2.75, 3.05) is 5.32 Å². The molecular formula is C18H14N2O3. The van der Waals surface area contributed by atoms with Crippen LogP contribution in [-0.2, 0) is 0 Å². The number of amides is 1. The molecule has 0 aliphatic rings. The summed E-state index contributed by atoms with van der Waals surface area (Å²) in [4.78, 5) is 16.1. The molecule has 5 nitrogen and oxygen atoms in total. The fourth-order valence-electron chi connectivity index (χ4n) is 2.12. The lowest BCUT2D eigenvalue weighted by Crippen LogP contribution is -2.12. The normalized spacial score (nSPS) is 10.3. The summed E-state index contributed by atoms with van der Waals surface area (Å²) >= 11 is 0. The number of nitrogens with one attached hydrogen (secondary N) is 1. The fraction of sp³-hybridized carbons (Fsp3) is 0. The van der Waals surface area contributed by atoms with Crippen molar-refractivity contribution in [3.63, 3.8) is 0 Å². The minimum Gasteiger partial charge on any atom is -0.508 e. The number of aromatic hydroxyl groups is 2. The van der Waals surface area contributed by atoms with Crippen molar-refractivity contribution in [3.05, 3.63) is 72.4 Å². The zero-order chi connectivity index (χ0) is 16.2. The van der Waals surface area contributed by atoms with Crippen LogP contribution in [-0.4, -0.2) is 21.1 Å². The Morgan fingerprint density at radius 3 is 1.91 bits per heavy atom. The molecule has 1 heterocycles. The topological polar surface area (TPSA) is 82.5 Å². The highest BCUT2D eigenvalue weighted by atomic mass is 16.3. The molecule has 0 saturated carbocycles. The third kappa shape index (κ3) is 3.47. The molecule has 0 aliphatic heterocycles. The van der Waals surface area contributed by atoms with E-state index >= 15 is 0 Å². The number of hydrogen-bond donors (Lipinski definition) is 3. The van der Waals surface area contributed by atoms with Gasteiger partial charge in [-0.15, -0.1) is 0 Å². The molecule has 0 radical (unpaired) electrons. The predicted molar refractivity (Wildman–Crippen MR) is 87.4 cm³/mol. The van der Waals surface area contributed by atoms with Gasteiger partial charge in [-0.2, -0.15) is 0 Å². The van der Waals surface area contributed by atoms with Crippen LogP contribution in [0, 0.1) is 0 Å². The van der Waals surface area contributed by atoms with Crippen molar-refractivity contribution in [1.82, 2.24) is 4.98 Å². The molecule has 2 aromatic carbocycles. The molecule has 3 aromatic rings. The summed E-state index contributed by atoms with van der Waals surface area (Å²) in [5.41, 5.74) is 2.40. The number of nitrogens with zero attached hydrogens (tertiary/aromatic N) is 1. The SMILES string of the molecule is O=C(Nc1ccc(O)cn1)c1ccc(-c2ccc(O)cc2)cc1. The summed E-state index contributed by atoms with van der Waals surface area (Å²) in [6.45, 7) is 0. The molecule has 1 aromatic heterocycles. The number of anilines is 1. The molecule has 0 spiro atoms. The highest BCUT2D eigenvalue weighted by Gasteiger charge is 2.07. The van der Waals surface area contributed by atoms with Gasteiger partial charge in [-0.05, 0) is 47.5 Å². The standard InChI is InChI=1S/C18H14N2O3/c21-15-7-5-13(6-8-15)12-1-3-14(4-2-12)18(23)20-17-10-9-16(22)11-19-17/h1-11,21-22H,(H,19,20,23). The van der Waals surface area contributed by atoms with Crippen LogP contribution in [0.5, 0.6) is 11.5 Å². The molecule has 0 saturated heterocycles. The van der Waals surface area contributed by atoms with E-state index in [1.807, 2.05) is 24.3 Å². The highest BCUT2D eigenvalue weighted by molar-refractivity contribution is 6.04. The third-order valence-corrected chi connectivity index (χ3v) is 3.34. The van der Waals surface area contributed by atoms with Gasteiger partial charge in [0.25, 0.3) is 5.91 Å². The highest BCUT2D eigenvalue weighted by Crippen LogP contribution is 2.22. The van der Waals surface area contributed by atoms with Gasteiger partial charge < -0.3 is 15.5 Å². The van der Waals surface area contributed by atoms with E-state index in [2.05, 4.69) is 10.3 Å². The number of phenolic OH excluding ortho intramolecular Hbond substituents is 1. The van der Waals surface area contributed by atoms with Crippen molar-refractivity contribution in [2.45, 2.75) is 0 Å². The molecule has 0 bridgehead atoms. The number of rotatable bonds is 3. The van der Waals surface area contributed by atoms with Gasteiger partial charge in [-0.3, -0.25) is 4.79 Å². The van der Waals surface area contributed by atoms with Crippen LogP contribution >= 0.6 is 0 Å². The molecule has 3 N–H and O–H groups in total. The molecule has 3 rings (SSSR count). The smallest absolute Gasteiger partial charge is 0.256 e. The van der Waals surface area contributed by atoms with Crippen LogP contribution in [0.4, 0.5) is 5.82 Å². The van der Waals surface area contributed by atoms with Crippen molar-refractivity contribution in [2.24, 2.45) is 0 Å². The van der Waals surface area contributed by atoms with E-state index in [1.165, 1.54) is 18.3 Å². The Balaban J connectivity index is 1.74. The summed E-state index contributed by atoms with van der Waals surface area (Å²) < 4.78 is 0. The largest absolute Gasteiger partial charge is 0.508 e. The number of aromatic nitrogens is 1. The van der Waals surface area contributed by atoms with Crippen molar-refractivity contribution in [1.29, 1.82) is 0 Å². The van der Waals surface area contributed by atoms with E-state index in [4.69, 9.17) is 0 Å². The number of benzene rings is 2. The van der Waals surface area contributed by atoms with E-state index in [0.29, 0.717) is 11.4 Å². The monoisotopic (exact) mass is 306 g/mol. The second-order valence-corrected chi connectivity index (χ2v) is 4.98. The predicted octanol–water partition coefficient (Wildman–Crippen LogP) is 3.41. The van der Waals surface area contributed by atoms with Gasteiger partial charge >= 0.3 is 0 Å². The first-order valence-corrected chi connectivity index (χ1v) is 6.98. The Bertz CT molecular complexity index is 810. The summed E-state index contributed by atoms with van der Waals surface area (Å²) in [6.07, 6.45) is 1.27. The molecule has 5 heteroatoms. The molecule has 0 atom stereocenters. The fourth-order valence-corrected chi connectivity index (χ4v) is 2.12. The third-order valence-electron chi connectivity index (χ3n) is 3.34. The van der Waals surface area contributed by atoms with Gasteiger partial charge in [-0.1, -0.05) is 24.3 Å². The van der Waals surface area contributed by atoms with Crippen LogP contribution in [0.2, 0.25) is 0 Å². The average Bonchev–Trinajstić information content (AvgIpc) is 2.58. The Morgan fingerprint density at radius 2 is 1.35 bits per heavy atom. The Morgan fingerprint density at radius 1 is 0.783 bits per heavy atom. The van der Waals surface area contributed by atoms with Crippen LogP contribution in [0.1, 0.15) is 10.4 Å². The number of carbonyl (C=O) groups excluding carboxylic acids is 1. The summed E-state index contributed by atoms with van der Waals surface area (Å²) in [5.74, 6) is 0.350. The lowest BCUT2D eigenvalue weighted by molar-refractivity contribution is 0.102. The maximum absolute atomic E-state index is 12.1. The van der Waals surface area contributed by atoms with Gasteiger partial charge in [-0.25, -0.2) is 4.98 Å². The summed E-state index contributed by atoms with van der Waals surface area (Å²) in [6, 6.07) is 17.0. The van der Waals surface area contributed by atoms with E-state index in [-0.39, 0.29) is 17.4 Å². The van der Waals surface area contributed by atoms with Crippen LogP contribution in [0.25, 0.3) is 11.1 Å². The van der Waals surface area contributed by atoms with Crippen LogP contribution in [0.3, 0.4) is 0 Å². The second kappa shape index (κ2) is 6.19. The molecule has 0 aliphatic carbocycles. The second-order valence-electron chi connectivity index (χ2n) is 4.98. The van der Waals surface area contributed by atoms with Crippen molar-refractivity contribution >= 4 is 11.7 Å². The van der Waals surface area contributed by atoms with E-state index in [9.17, 15) is 15.0 Å². The Labute approximate surface area is 132 Å². The summed E-state index contributed by atoms with van der Waals surface area (Å²) in [5, 5.41) is 21.1. The summed E-state index contributed by atoms with van der Waals surface area (Å²) in [7, 11) is 0. The van der Waals surface area contributed by atoms with Crippen LogP contribution in [0.15, 0.2) is 66.9 Å². The lowest BCUT2D eigenvalue weighted by Gasteiger charge is -2.06. The number of hydrogen-bond acceptors (Lipinski definition) is 4. The van der Waals surface area contributed by atoms with Gasteiger partial charge in [0.05, 0.1) is 6.20 Å². The first-order valence-electron chi connectivity index (χ1n) is 6.98. The van der Waals surface area contributed by atoms with E-state index in [1.54, 1.807) is 24.3 Å². The number of pyridine rings is 1. The minimum absolute atomic E-state index is 0.0428. The quantitative estimate of drug-likeness (QED) is 0.692. The minimum atomic E-state index is -0.277.